The van der Waals surface area contributed by atoms with E-state index in [4.69, 9.17) is 9.47 Å². The van der Waals surface area contributed by atoms with E-state index in [2.05, 4.69) is 26.1 Å². The predicted octanol–water partition coefficient (Wildman–Crippen LogP) is 1.82. The van der Waals surface area contributed by atoms with Gasteiger partial charge in [-0.1, -0.05) is 13.8 Å². The van der Waals surface area contributed by atoms with Gasteiger partial charge in [-0.25, -0.2) is 0 Å². The van der Waals surface area contributed by atoms with Crippen LogP contribution in [-0.2, 0) is 9.47 Å². The molecule has 0 rings (SSSR count). The summed E-state index contributed by atoms with van der Waals surface area (Å²) in [6.45, 7) is 11.6. The van der Waals surface area contributed by atoms with Crippen LogP contribution in [0.4, 0.5) is 0 Å². The van der Waals surface area contributed by atoms with Crippen LogP contribution in [0.1, 0.15) is 34.1 Å². The lowest BCUT2D eigenvalue weighted by Gasteiger charge is -2.24. The standard InChI is InChI=1S/C11H25NO2/c1-5-8-13-9-11(12-6-2)10(4)14-7-3/h10-12H,5-9H2,1-4H3. The molecule has 0 aliphatic heterocycles. The minimum Gasteiger partial charge on any atom is -0.380 e. The summed E-state index contributed by atoms with van der Waals surface area (Å²) in [5, 5.41) is 3.38. The molecule has 0 heterocycles. The Bertz CT molecular complexity index is 120. The van der Waals surface area contributed by atoms with Gasteiger partial charge in [-0.05, 0) is 26.8 Å². The first kappa shape index (κ1) is 13.9. The fraction of sp³-hybridized carbons (Fsp3) is 1.00. The summed E-state index contributed by atoms with van der Waals surface area (Å²) < 4.78 is 11.1. The van der Waals surface area contributed by atoms with Crippen molar-refractivity contribution in [3.8, 4) is 0 Å². The third kappa shape index (κ3) is 6.35. The molecule has 0 aromatic carbocycles. The van der Waals surface area contributed by atoms with Gasteiger partial charge in [0.2, 0.25) is 0 Å². The maximum absolute atomic E-state index is 5.54. The van der Waals surface area contributed by atoms with E-state index in [1.807, 2.05) is 6.92 Å². The lowest BCUT2D eigenvalue weighted by atomic mass is 10.2. The van der Waals surface area contributed by atoms with Gasteiger partial charge in [-0.2, -0.15) is 0 Å². The summed E-state index contributed by atoms with van der Waals surface area (Å²) in [6.07, 6.45) is 1.29. The molecule has 0 saturated heterocycles. The molecule has 0 aromatic rings. The van der Waals surface area contributed by atoms with Gasteiger partial charge in [-0.15, -0.1) is 0 Å². The topological polar surface area (TPSA) is 30.5 Å². The van der Waals surface area contributed by atoms with Gasteiger partial charge in [0, 0.05) is 13.2 Å². The molecule has 0 bridgehead atoms. The Kier molecular flexibility index (Phi) is 9.35. The zero-order valence-corrected chi connectivity index (χ0v) is 10.0. The SMILES string of the molecule is CCCOCC(NCC)C(C)OCC. The molecule has 86 valence electrons. The Hall–Kier alpha value is -0.120. The molecule has 0 radical (unpaired) electrons. The van der Waals surface area contributed by atoms with Gasteiger partial charge in [0.15, 0.2) is 0 Å². The average Bonchev–Trinajstić information content (AvgIpc) is 2.17. The van der Waals surface area contributed by atoms with Crippen molar-refractivity contribution in [2.24, 2.45) is 0 Å². The first-order chi connectivity index (χ1) is 6.76. The van der Waals surface area contributed by atoms with Crippen LogP contribution >= 0.6 is 0 Å². The third-order valence-corrected chi connectivity index (χ3v) is 2.11. The van der Waals surface area contributed by atoms with Crippen LogP contribution in [0.25, 0.3) is 0 Å². The highest BCUT2D eigenvalue weighted by Gasteiger charge is 2.15. The number of hydrogen-bond donors (Lipinski definition) is 1. The molecule has 2 atom stereocenters. The van der Waals surface area contributed by atoms with Crippen LogP contribution in [-0.4, -0.2) is 38.5 Å². The van der Waals surface area contributed by atoms with Crippen molar-refractivity contribution >= 4 is 0 Å². The molecule has 0 aliphatic rings. The van der Waals surface area contributed by atoms with Crippen molar-refractivity contribution in [2.75, 3.05) is 26.4 Å². The summed E-state index contributed by atoms with van der Waals surface area (Å²) in [7, 11) is 0. The quantitative estimate of drug-likeness (QED) is 0.580. The van der Waals surface area contributed by atoms with Gasteiger partial charge in [0.25, 0.3) is 0 Å². The Morgan fingerprint density at radius 2 is 1.93 bits per heavy atom. The fourth-order valence-electron chi connectivity index (χ4n) is 1.36. The van der Waals surface area contributed by atoms with E-state index in [0.29, 0.717) is 6.04 Å². The number of hydrogen-bond acceptors (Lipinski definition) is 3. The second-order valence-electron chi connectivity index (χ2n) is 3.40. The number of nitrogens with one attached hydrogen (secondary N) is 1. The second-order valence-corrected chi connectivity index (χ2v) is 3.40. The van der Waals surface area contributed by atoms with E-state index in [9.17, 15) is 0 Å². The van der Waals surface area contributed by atoms with Crippen molar-refractivity contribution < 1.29 is 9.47 Å². The summed E-state index contributed by atoms with van der Waals surface area (Å²) in [5.41, 5.74) is 0. The average molecular weight is 203 g/mol. The van der Waals surface area contributed by atoms with Crippen LogP contribution in [0.15, 0.2) is 0 Å². The summed E-state index contributed by atoms with van der Waals surface area (Å²) in [6, 6.07) is 0.312. The molecule has 0 saturated carbocycles. The number of likely N-dealkylation sites (N-methyl/N-ethyl adjacent to an activating group) is 1. The van der Waals surface area contributed by atoms with E-state index in [0.717, 1.165) is 32.8 Å². The minimum atomic E-state index is 0.219. The molecule has 0 fully saturated rings. The Morgan fingerprint density at radius 1 is 1.21 bits per heavy atom. The summed E-state index contributed by atoms with van der Waals surface area (Å²) in [4.78, 5) is 0. The number of rotatable bonds is 9. The van der Waals surface area contributed by atoms with Crippen LogP contribution in [0, 0.1) is 0 Å². The maximum atomic E-state index is 5.54. The minimum absolute atomic E-state index is 0.219. The molecule has 0 amide bonds. The van der Waals surface area contributed by atoms with Crippen LogP contribution in [0.2, 0.25) is 0 Å². The normalized spacial score (nSPS) is 15.4. The van der Waals surface area contributed by atoms with E-state index < -0.39 is 0 Å². The Morgan fingerprint density at radius 3 is 2.43 bits per heavy atom. The molecule has 0 aromatic heterocycles. The summed E-state index contributed by atoms with van der Waals surface area (Å²) >= 11 is 0. The van der Waals surface area contributed by atoms with Crippen molar-refractivity contribution in [3.05, 3.63) is 0 Å². The molecule has 14 heavy (non-hydrogen) atoms. The van der Waals surface area contributed by atoms with E-state index in [1.165, 1.54) is 0 Å². The smallest absolute Gasteiger partial charge is 0.0722 e. The highest BCUT2D eigenvalue weighted by atomic mass is 16.5. The van der Waals surface area contributed by atoms with Crippen LogP contribution < -0.4 is 5.32 Å². The monoisotopic (exact) mass is 203 g/mol. The molecule has 1 N–H and O–H groups in total. The lowest BCUT2D eigenvalue weighted by molar-refractivity contribution is 0.0109. The van der Waals surface area contributed by atoms with Gasteiger partial charge in [0.05, 0.1) is 18.8 Å². The first-order valence-corrected chi connectivity index (χ1v) is 5.68. The molecule has 3 nitrogen and oxygen atoms in total. The Labute approximate surface area is 88.2 Å². The predicted molar refractivity (Wildman–Crippen MR) is 59.7 cm³/mol. The largest absolute Gasteiger partial charge is 0.380 e. The van der Waals surface area contributed by atoms with Gasteiger partial charge >= 0.3 is 0 Å². The van der Waals surface area contributed by atoms with Crippen LogP contribution in [0.3, 0.4) is 0 Å². The van der Waals surface area contributed by atoms with Gasteiger partial charge < -0.3 is 14.8 Å². The van der Waals surface area contributed by atoms with E-state index in [-0.39, 0.29) is 6.10 Å². The second kappa shape index (κ2) is 9.44. The number of ether oxygens (including phenoxy) is 2. The lowest BCUT2D eigenvalue weighted by Crippen LogP contribution is -2.43. The molecule has 2 unspecified atom stereocenters. The van der Waals surface area contributed by atoms with Crippen molar-refractivity contribution in [3.63, 3.8) is 0 Å². The maximum Gasteiger partial charge on any atom is 0.0722 e. The third-order valence-electron chi connectivity index (χ3n) is 2.11. The van der Waals surface area contributed by atoms with Gasteiger partial charge in [-0.3, -0.25) is 0 Å². The highest BCUT2D eigenvalue weighted by molar-refractivity contribution is 4.72. The van der Waals surface area contributed by atoms with E-state index >= 15 is 0 Å². The molecule has 3 heteroatoms. The zero-order valence-electron chi connectivity index (χ0n) is 10.0. The van der Waals surface area contributed by atoms with Crippen molar-refractivity contribution in [2.45, 2.75) is 46.3 Å². The molecule has 0 spiro atoms. The molecular weight excluding hydrogens is 178 g/mol. The fourth-order valence-corrected chi connectivity index (χ4v) is 1.36. The summed E-state index contributed by atoms with van der Waals surface area (Å²) in [5.74, 6) is 0. The molecular formula is C11H25NO2. The first-order valence-electron chi connectivity index (χ1n) is 5.68. The van der Waals surface area contributed by atoms with Crippen molar-refractivity contribution in [1.82, 2.24) is 5.32 Å². The zero-order chi connectivity index (χ0) is 10.8. The van der Waals surface area contributed by atoms with Crippen molar-refractivity contribution in [1.29, 1.82) is 0 Å². The van der Waals surface area contributed by atoms with Crippen LogP contribution in [0.5, 0.6) is 0 Å². The van der Waals surface area contributed by atoms with E-state index in [1.54, 1.807) is 0 Å². The Balaban J connectivity index is 3.74. The highest BCUT2D eigenvalue weighted by Crippen LogP contribution is 2.00. The van der Waals surface area contributed by atoms with Gasteiger partial charge in [0.1, 0.15) is 0 Å². The molecule has 0 aliphatic carbocycles.